The summed E-state index contributed by atoms with van der Waals surface area (Å²) < 4.78 is 2.43. The zero-order valence-corrected chi connectivity index (χ0v) is 29.7. The first-order chi connectivity index (χ1) is 26.8. The Kier molecular flexibility index (Phi) is 7.85. The average Bonchev–Trinajstić information content (AvgIpc) is 3.60. The predicted molar refractivity (Wildman–Crippen MR) is 229 cm³/mol. The summed E-state index contributed by atoms with van der Waals surface area (Å²) in [5.41, 5.74) is 14.1. The molecule has 0 bridgehead atoms. The van der Waals surface area contributed by atoms with E-state index in [2.05, 4.69) is 228 Å². The molecule has 0 N–H and O–H groups in total. The highest BCUT2D eigenvalue weighted by Crippen LogP contribution is 2.47. The van der Waals surface area contributed by atoms with E-state index in [-0.39, 0.29) is 0 Å². The van der Waals surface area contributed by atoms with Gasteiger partial charge in [-0.2, -0.15) is 0 Å². The fourth-order valence-corrected chi connectivity index (χ4v) is 8.21. The zero-order valence-electron chi connectivity index (χ0n) is 29.7. The minimum Gasteiger partial charge on any atom is -0.309 e. The highest BCUT2D eigenvalue weighted by atomic mass is 15.1. The van der Waals surface area contributed by atoms with Gasteiger partial charge in [-0.3, -0.25) is 0 Å². The van der Waals surface area contributed by atoms with E-state index >= 15 is 0 Å². The standard InChI is InChI=1S/C52H36N2/c1-4-18-37(19-5-1)42-26-10-11-27-43(42)39-22-16-25-41(36-39)54-48-31-15-14-30-47(48)52-50(32-17-33-51(52)54)53(40-23-8-3-9-24-40)49-35-34-44(38-20-6-2-7-21-38)45-28-12-13-29-46(45)49/h1-36H. The minimum absolute atomic E-state index is 1.11. The van der Waals surface area contributed by atoms with Crippen molar-refractivity contribution in [2.45, 2.75) is 0 Å². The lowest BCUT2D eigenvalue weighted by Gasteiger charge is -2.28. The maximum absolute atomic E-state index is 2.45. The molecule has 10 aromatic rings. The first-order valence-electron chi connectivity index (χ1n) is 18.5. The molecule has 10 rings (SSSR count). The molecule has 2 nitrogen and oxygen atoms in total. The summed E-state index contributed by atoms with van der Waals surface area (Å²) in [5.74, 6) is 0. The number of rotatable bonds is 7. The molecule has 0 radical (unpaired) electrons. The molecule has 0 saturated heterocycles. The van der Waals surface area contributed by atoms with Gasteiger partial charge in [-0.05, 0) is 87.3 Å². The van der Waals surface area contributed by atoms with Crippen molar-refractivity contribution in [1.29, 1.82) is 0 Å². The third kappa shape index (κ3) is 5.36. The Hall–Kier alpha value is -7.16. The SMILES string of the molecule is c1ccc(-c2ccccc2-c2cccc(-n3c4ccccc4c4c(N(c5ccccc5)c5ccc(-c6ccccc6)c6ccccc56)cccc43)c2)cc1. The molecule has 0 aliphatic heterocycles. The normalized spacial score (nSPS) is 11.3. The summed E-state index contributed by atoms with van der Waals surface area (Å²) in [7, 11) is 0. The van der Waals surface area contributed by atoms with Crippen molar-refractivity contribution in [2.75, 3.05) is 4.90 Å². The Labute approximate surface area is 315 Å². The highest BCUT2D eigenvalue weighted by Gasteiger charge is 2.23. The smallest absolute Gasteiger partial charge is 0.0562 e. The Morgan fingerprint density at radius 1 is 0.315 bits per heavy atom. The van der Waals surface area contributed by atoms with Gasteiger partial charge in [0.05, 0.1) is 22.4 Å². The van der Waals surface area contributed by atoms with Crippen LogP contribution in [0.15, 0.2) is 218 Å². The molecule has 0 fully saturated rings. The molecule has 0 atom stereocenters. The van der Waals surface area contributed by atoms with Crippen LogP contribution in [0.3, 0.4) is 0 Å². The summed E-state index contributed by atoms with van der Waals surface area (Å²) in [4.78, 5) is 2.45. The molecule has 254 valence electrons. The molecule has 0 aliphatic carbocycles. The highest BCUT2D eigenvalue weighted by molar-refractivity contribution is 6.18. The first-order valence-corrected chi connectivity index (χ1v) is 18.5. The van der Waals surface area contributed by atoms with Crippen LogP contribution in [-0.2, 0) is 0 Å². The van der Waals surface area contributed by atoms with Gasteiger partial charge in [0.15, 0.2) is 0 Å². The van der Waals surface area contributed by atoms with Gasteiger partial charge in [0.25, 0.3) is 0 Å². The van der Waals surface area contributed by atoms with Crippen LogP contribution in [0, 0.1) is 0 Å². The van der Waals surface area contributed by atoms with Crippen LogP contribution in [0.1, 0.15) is 0 Å². The van der Waals surface area contributed by atoms with Crippen LogP contribution in [0.4, 0.5) is 17.1 Å². The fourth-order valence-electron chi connectivity index (χ4n) is 8.21. The van der Waals surface area contributed by atoms with Crippen LogP contribution in [0.25, 0.3) is 71.6 Å². The number of benzene rings is 9. The third-order valence-corrected chi connectivity index (χ3v) is 10.6. The van der Waals surface area contributed by atoms with Crippen LogP contribution < -0.4 is 4.90 Å². The second-order valence-electron chi connectivity index (χ2n) is 13.7. The average molecular weight is 689 g/mol. The van der Waals surface area contributed by atoms with Crippen molar-refractivity contribution >= 4 is 49.6 Å². The molecular weight excluding hydrogens is 653 g/mol. The number of fused-ring (bicyclic) bond motifs is 4. The molecule has 0 saturated carbocycles. The Balaban J connectivity index is 1.21. The summed E-state index contributed by atoms with van der Waals surface area (Å²) in [6.45, 7) is 0. The van der Waals surface area contributed by atoms with Gasteiger partial charge in [0.2, 0.25) is 0 Å². The van der Waals surface area contributed by atoms with E-state index in [1.54, 1.807) is 0 Å². The maximum Gasteiger partial charge on any atom is 0.0562 e. The lowest BCUT2D eigenvalue weighted by Crippen LogP contribution is -2.11. The molecule has 9 aromatic carbocycles. The molecule has 2 heteroatoms. The number of hydrogen-bond donors (Lipinski definition) is 0. The molecule has 0 unspecified atom stereocenters. The molecule has 1 aromatic heterocycles. The van der Waals surface area contributed by atoms with E-state index in [4.69, 9.17) is 0 Å². The molecule has 54 heavy (non-hydrogen) atoms. The summed E-state index contributed by atoms with van der Waals surface area (Å²) in [5, 5.41) is 4.85. The predicted octanol–water partition coefficient (Wildman–Crippen LogP) is 14.4. The van der Waals surface area contributed by atoms with E-state index in [9.17, 15) is 0 Å². The largest absolute Gasteiger partial charge is 0.309 e. The minimum atomic E-state index is 1.11. The number of para-hydroxylation sites is 2. The van der Waals surface area contributed by atoms with Crippen LogP contribution in [0.5, 0.6) is 0 Å². The van der Waals surface area contributed by atoms with Gasteiger partial charge in [0.1, 0.15) is 0 Å². The van der Waals surface area contributed by atoms with Gasteiger partial charge in [-0.25, -0.2) is 0 Å². The van der Waals surface area contributed by atoms with Gasteiger partial charge < -0.3 is 9.47 Å². The van der Waals surface area contributed by atoms with Gasteiger partial charge in [0, 0.05) is 27.5 Å². The summed E-state index contributed by atoms with van der Waals surface area (Å²) in [6, 6.07) is 78.8. The van der Waals surface area contributed by atoms with Gasteiger partial charge in [-0.15, -0.1) is 0 Å². The van der Waals surface area contributed by atoms with Crippen LogP contribution >= 0.6 is 0 Å². The second-order valence-corrected chi connectivity index (χ2v) is 13.7. The van der Waals surface area contributed by atoms with E-state index in [0.29, 0.717) is 0 Å². The summed E-state index contributed by atoms with van der Waals surface area (Å²) >= 11 is 0. The molecular formula is C52H36N2. The second kappa shape index (κ2) is 13.4. The molecule has 1 heterocycles. The Morgan fingerprint density at radius 3 is 1.59 bits per heavy atom. The van der Waals surface area contributed by atoms with Crippen molar-refractivity contribution in [3.63, 3.8) is 0 Å². The van der Waals surface area contributed by atoms with E-state index in [1.807, 2.05) is 0 Å². The number of aromatic nitrogens is 1. The van der Waals surface area contributed by atoms with Crippen molar-refractivity contribution in [3.05, 3.63) is 218 Å². The lowest BCUT2D eigenvalue weighted by atomic mass is 9.94. The van der Waals surface area contributed by atoms with E-state index < -0.39 is 0 Å². The number of anilines is 3. The van der Waals surface area contributed by atoms with Crippen molar-refractivity contribution in [1.82, 2.24) is 4.57 Å². The molecule has 0 aliphatic rings. The van der Waals surface area contributed by atoms with Crippen molar-refractivity contribution < 1.29 is 0 Å². The summed E-state index contributed by atoms with van der Waals surface area (Å²) in [6.07, 6.45) is 0. The van der Waals surface area contributed by atoms with Gasteiger partial charge >= 0.3 is 0 Å². The van der Waals surface area contributed by atoms with Gasteiger partial charge in [-0.1, -0.05) is 170 Å². The number of nitrogens with zero attached hydrogens (tertiary/aromatic N) is 2. The van der Waals surface area contributed by atoms with E-state index in [0.717, 1.165) is 28.3 Å². The van der Waals surface area contributed by atoms with Crippen LogP contribution in [-0.4, -0.2) is 4.57 Å². The third-order valence-electron chi connectivity index (χ3n) is 10.6. The molecule has 0 amide bonds. The quantitative estimate of drug-likeness (QED) is 0.162. The van der Waals surface area contributed by atoms with Crippen molar-refractivity contribution in [2.24, 2.45) is 0 Å². The monoisotopic (exact) mass is 688 g/mol. The maximum atomic E-state index is 2.45. The van der Waals surface area contributed by atoms with E-state index in [1.165, 1.54) is 60.4 Å². The Bertz CT molecular complexity index is 2930. The first kappa shape index (κ1) is 31.6. The lowest BCUT2D eigenvalue weighted by molar-refractivity contribution is 1.18. The molecule has 0 spiro atoms. The Morgan fingerprint density at radius 2 is 0.852 bits per heavy atom. The number of hydrogen-bond acceptors (Lipinski definition) is 1. The van der Waals surface area contributed by atoms with Crippen molar-refractivity contribution in [3.8, 4) is 39.1 Å². The fraction of sp³-hybridized carbons (Fsp3) is 0. The zero-order chi connectivity index (χ0) is 35.8. The topological polar surface area (TPSA) is 8.17 Å². The van der Waals surface area contributed by atoms with Crippen LogP contribution in [0.2, 0.25) is 0 Å².